The Morgan fingerprint density at radius 2 is 1.84 bits per heavy atom. The summed E-state index contributed by atoms with van der Waals surface area (Å²) in [6, 6.07) is 13.2. The molecule has 1 aliphatic carbocycles. The standard InChI is InChI=1S/C24H30N2O5S/c1-31-21-9-11-22(12-10-21)32(29,30)25-16-18-5-7-19(8-6-18)23(27)26-15-14-24(28)13-3-2-4-20(24)17-26/h5-12,20,25,28H,2-4,13-17H2,1H3/t20-,24+/m1/s1. The predicted molar refractivity (Wildman–Crippen MR) is 121 cm³/mol. The van der Waals surface area contributed by atoms with Gasteiger partial charge in [0.05, 0.1) is 17.6 Å². The number of carbonyl (C=O) groups excluding carboxylic acids is 1. The van der Waals surface area contributed by atoms with Crippen LogP contribution in [-0.2, 0) is 16.6 Å². The average Bonchev–Trinajstić information content (AvgIpc) is 2.82. The van der Waals surface area contributed by atoms with Crippen molar-refractivity contribution in [1.29, 1.82) is 0 Å². The van der Waals surface area contributed by atoms with E-state index in [2.05, 4.69) is 4.72 Å². The number of aliphatic hydroxyl groups is 1. The van der Waals surface area contributed by atoms with Gasteiger partial charge in [-0.15, -0.1) is 0 Å². The fourth-order valence-electron chi connectivity index (χ4n) is 4.72. The quantitative estimate of drug-likeness (QED) is 0.694. The van der Waals surface area contributed by atoms with Gasteiger partial charge in [0.2, 0.25) is 10.0 Å². The van der Waals surface area contributed by atoms with Gasteiger partial charge in [-0.3, -0.25) is 4.79 Å². The summed E-state index contributed by atoms with van der Waals surface area (Å²) < 4.78 is 32.6. The largest absolute Gasteiger partial charge is 0.497 e. The topological polar surface area (TPSA) is 95.9 Å². The lowest BCUT2D eigenvalue weighted by Crippen LogP contribution is -2.54. The molecule has 1 heterocycles. The number of nitrogens with zero attached hydrogens (tertiary/aromatic N) is 1. The lowest BCUT2D eigenvalue weighted by molar-refractivity contribution is -0.0886. The maximum Gasteiger partial charge on any atom is 0.253 e. The Bertz CT molecular complexity index is 1050. The van der Waals surface area contributed by atoms with Gasteiger partial charge >= 0.3 is 0 Å². The first-order valence-electron chi connectivity index (χ1n) is 11.0. The minimum atomic E-state index is -3.65. The van der Waals surface area contributed by atoms with Gasteiger partial charge in [0.15, 0.2) is 0 Å². The molecule has 2 aromatic carbocycles. The van der Waals surface area contributed by atoms with Crippen molar-refractivity contribution in [2.45, 2.75) is 49.1 Å². The molecular weight excluding hydrogens is 428 g/mol. The lowest BCUT2D eigenvalue weighted by Gasteiger charge is -2.47. The number of likely N-dealkylation sites (tertiary alicyclic amines) is 1. The molecule has 1 amide bonds. The van der Waals surface area contributed by atoms with Gasteiger partial charge in [0.1, 0.15) is 5.75 Å². The number of rotatable bonds is 6. The zero-order chi connectivity index (χ0) is 22.8. The van der Waals surface area contributed by atoms with Crippen LogP contribution in [0.15, 0.2) is 53.4 Å². The smallest absolute Gasteiger partial charge is 0.253 e. The predicted octanol–water partition coefficient (Wildman–Crippen LogP) is 2.94. The van der Waals surface area contributed by atoms with Crippen LogP contribution in [0.25, 0.3) is 0 Å². The fourth-order valence-corrected chi connectivity index (χ4v) is 5.74. The Morgan fingerprint density at radius 3 is 2.53 bits per heavy atom. The van der Waals surface area contributed by atoms with Crippen LogP contribution in [0.3, 0.4) is 0 Å². The maximum atomic E-state index is 13.0. The molecule has 1 saturated heterocycles. The monoisotopic (exact) mass is 458 g/mol. The number of hydrogen-bond donors (Lipinski definition) is 2. The van der Waals surface area contributed by atoms with Gasteiger partial charge in [-0.1, -0.05) is 25.0 Å². The highest BCUT2D eigenvalue weighted by Crippen LogP contribution is 2.40. The Morgan fingerprint density at radius 1 is 1.12 bits per heavy atom. The molecule has 2 aliphatic rings. The van der Waals surface area contributed by atoms with E-state index in [1.165, 1.54) is 19.2 Å². The van der Waals surface area contributed by atoms with Crippen LogP contribution < -0.4 is 9.46 Å². The molecule has 4 rings (SSSR count). The van der Waals surface area contributed by atoms with Crippen LogP contribution >= 0.6 is 0 Å². The minimum absolute atomic E-state index is 0.0389. The average molecular weight is 459 g/mol. The second-order valence-corrected chi connectivity index (χ2v) is 10.5. The first-order chi connectivity index (χ1) is 15.3. The van der Waals surface area contributed by atoms with E-state index in [4.69, 9.17) is 4.74 Å². The van der Waals surface area contributed by atoms with E-state index >= 15 is 0 Å². The Kier molecular flexibility index (Phi) is 6.55. The minimum Gasteiger partial charge on any atom is -0.497 e. The van der Waals surface area contributed by atoms with Gasteiger partial charge in [0.25, 0.3) is 5.91 Å². The van der Waals surface area contributed by atoms with Gasteiger partial charge in [-0.2, -0.15) is 0 Å². The van der Waals surface area contributed by atoms with Crippen molar-refractivity contribution < 1.29 is 23.1 Å². The molecule has 7 nitrogen and oxygen atoms in total. The van der Waals surface area contributed by atoms with E-state index in [9.17, 15) is 18.3 Å². The molecule has 0 bridgehead atoms. The molecule has 8 heteroatoms. The van der Waals surface area contributed by atoms with Gasteiger partial charge in [-0.05, 0) is 61.2 Å². The second-order valence-electron chi connectivity index (χ2n) is 8.74. The first kappa shape index (κ1) is 22.8. The normalized spacial score (nSPS) is 23.4. The third-order valence-electron chi connectivity index (χ3n) is 6.75. The number of sulfonamides is 1. The molecule has 2 atom stereocenters. The number of fused-ring (bicyclic) bond motifs is 1. The second kappa shape index (κ2) is 9.21. The number of hydrogen-bond acceptors (Lipinski definition) is 5. The zero-order valence-electron chi connectivity index (χ0n) is 18.3. The van der Waals surface area contributed by atoms with Crippen LogP contribution in [-0.4, -0.2) is 50.1 Å². The molecule has 172 valence electrons. The summed E-state index contributed by atoms with van der Waals surface area (Å²) in [7, 11) is -2.12. The SMILES string of the molecule is COc1ccc(S(=O)(=O)NCc2ccc(C(=O)N3CC[C@@]4(O)CCCC[C@@H]4C3)cc2)cc1. The van der Waals surface area contributed by atoms with E-state index in [0.29, 0.717) is 30.8 Å². The molecule has 0 radical (unpaired) electrons. The van der Waals surface area contributed by atoms with Gasteiger partial charge in [-0.25, -0.2) is 13.1 Å². The van der Waals surface area contributed by atoms with E-state index in [1.807, 2.05) is 4.90 Å². The summed E-state index contributed by atoms with van der Waals surface area (Å²) in [6.45, 7) is 1.29. The van der Waals surface area contributed by atoms with Gasteiger partial charge in [0, 0.05) is 31.1 Å². The van der Waals surface area contributed by atoms with Crippen LogP contribution in [0.5, 0.6) is 5.75 Å². The van der Waals surface area contributed by atoms with E-state index in [0.717, 1.165) is 31.2 Å². The molecule has 0 spiro atoms. The van der Waals surface area contributed by atoms with Crippen LogP contribution in [0.4, 0.5) is 0 Å². The molecule has 0 unspecified atom stereocenters. The highest BCUT2D eigenvalue weighted by atomic mass is 32.2. The lowest BCUT2D eigenvalue weighted by atomic mass is 9.71. The Hall–Kier alpha value is -2.42. The molecule has 32 heavy (non-hydrogen) atoms. The number of nitrogens with one attached hydrogen (secondary N) is 1. The summed E-state index contributed by atoms with van der Waals surface area (Å²) in [5, 5.41) is 10.8. The van der Waals surface area contributed by atoms with Crippen molar-refractivity contribution in [1.82, 2.24) is 9.62 Å². The Balaban J connectivity index is 1.36. The number of amides is 1. The highest BCUT2D eigenvalue weighted by molar-refractivity contribution is 7.89. The van der Waals surface area contributed by atoms with Gasteiger partial charge < -0.3 is 14.7 Å². The molecule has 1 saturated carbocycles. The Labute approximate surface area is 189 Å². The molecule has 1 aliphatic heterocycles. The van der Waals surface area contributed by atoms with E-state index < -0.39 is 15.6 Å². The molecule has 2 fully saturated rings. The van der Waals surface area contributed by atoms with Crippen molar-refractivity contribution in [3.63, 3.8) is 0 Å². The van der Waals surface area contributed by atoms with E-state index in [1.54, 1.807) is 36.4 Å². The van der Waals surface area contributed by atoms with Crippen molar-refractivity contribution >= 4 is 15.9 Å². The van der Waals surface area contributed by atoms with Crippen molar-refractivity contribution in [2.24, 2.45) is 5.92 Å². The third-order valence-corrected chi connectivity index (χ3v) is 8.17. The van der Waals surface area contributed by atoms with Crippen molar-refractivity contribution in [3.05, 3.63) is 59.7 Å². The number of carbonyl (C=O) groups is 1. The zero-order valence-corrected chi connectivity index (χ0v) is 19.1. The number of piperidine rings is 1. The number of methoxy groups -OCH3 is 1. The van der Waals surface area contributed by atoms with Crippen molar-refractivity contribution in [3.8, 4) is 5.75 Å². The third kappa shape index (κ3) is 4.82. The summed E-state index contributed by atoms with van der Waals surface area (Å²) in [4.78, 5) is 15.0. The maximum absolute atomic E-state index is 13.0. The molecule has 2 aromatic rings. The summed E-state index contributed by atoms with van der Waals surface area (Å²) in [5.41, 5.74) is 0.729. The summed E-state index contributed by atoms with van der Waals surface area (Å²) in [5.74, 6) is 0.703. The van der Waals surface area contributed by atoms with Crippen LogP contribution in [0, 0.1) is 5.92 Å². The highest BCUT2D eigenvalue weighted by Gasteiger charge is 2.43. The number of ether oxygens (including phenoxy) is 1. The molecular formula is C24H30N2O5S. The fraction of sp³-hybridized carbons (Fsp3) is 0.458. The molecule has 2 N–H and O–H groups in total. The summed E-state index contributed by atoms with van der Waals surface area (Å²) >= 11 is 0. The van der Waals surface area contributed by atoms with Crippen LogP contribution in [0.2, 0.25) is 0 Å². The van der Waals surface area contributed by atoms with E-state index in [-0.39, 0.29) is 23.3 Å². The van der Waals surface area contributed by atoms with Crippen LogP contribution in [0.1, 0.15) is 48.0 Å². The van der Waals surface area contributed by atoms with Crippen molar-refractivity contribution in [2.75, 3.05) is 20.2 Å². The molecule has 0 aromatic heterocycles. The first-order valence-corrected chi connectivity index (χ1v) is 12.5. The summed E-state index contributed by atoms with van der Waals surface area (Å²) in [6.07, 6.45) is 4.60. The number of benzene rings is 2.